The van der Waals surface area contributed by atoms with Crippen molar-refractivity contribution < 1.29 is 22.7 Å². The second-order valence-corrected chi connectivity index (χ2v) is 11.0. The van der Waals surface area contributed by atoms with Crippen LogP contribution in [0.2, 0.25) is 0 Å². The molecule has 1 aliphatic heterocycles. The van der Waals surface area contributed by atoms with Crippen molar-refractivity contribution in [1.82, 2.24) is 9.29 Å². The first-order chi connectivity index (χ1) is 15.2. The van der Waals surface area contributed by atoms with Crippen molar-refractivity contribution in [3.63, 3.8) is 0 Å². The number of aryl methyl sites for hydroxylation is 1. The molecule has 10 heteroatoms. The molecule has 1 aromatic carbocycles. The Bertz CT molecular complexity index is 1050. The quantitative estimate of drug-likeness (QED) is 0.540. The molecule has 2 aromatic rings. The van der Waals surface area contributed by atoms with Gasteiger partial charge in [-0.15, -0.1) is 11.3 Å². The first-order valence-electron chi connectivity index (χ1n) is 10.7. The van der Waals surface area contributed by atoms with Crippen LogP contribution in [0.25, 0.3) is 0 Å². The normalized spacial score (nSPS) is 17.2. The fraction of sp³-hybridized carbons (Fsp3) is 0.500. The zero-order valence-electron chi connectivity index (χ0n) is 18.6. The van der Waals surface area contributed by atoms with E-state index in [4.69, 9.17) is 4.74 Å². The lowest BCUT2D eigenvalue weighted by atomic mass is 9.98. The molecule has 0 aliphatic carbocycles. The summed E-state index contributed by atoms with van der Waals surface area (Å²) in [6.45, 7) is 4.72. The average molecular weight is 480 g/mol. The van der Waals surface area contributed by atoms with E-state index >= 15 is 0 Å². The molecule has 0 saturated carbocycles. The maximum atomic E-state index is 13.6. The molecule has 1 amide bonds. The van der Waals surface area contributed by atoms with Gasteiger partial charge in [-0.3, -0.25) is 9.69 Å². The molecule has 8 nitrogen and oxygen atoms in total. The van der Waals surface area contributed by atoms with Gasteiger partial charge in [0.2, 0.25) is 15.9 Å². The summed E-state index contributed by atoms with van der Waals surface area (Å²) in [5.41, 5.74) is 1.29. The lowest BCUT2D eigenvalue weighted by Gasteiger charge is -2.33. The molecule has 3 rings (SSSR count). The molecule has 0 radical (unpaired) electrons. The Hall–Kier alpha value is -2.30. The first kappa shape index (κ1) is 24.3. The maximum absolute atomic E-state index is 13.6. The van der Waals surface area contributed by atoms with Gasteiger partial charge < -0.3 is 4.74 Å². The number of piperidine rings is 1. The highest BCUT2D eigenvalue weighted by Crippen LogP contribution is 2.30. The number of carbonyl (C=O) groups excluding carboxylic acids is 2. The number of nitrogens with zero attached hydrogens (tertiary/aromatic N) is 3. The van der Waals surface area contributed by atoms with Crippen molar-refractivity contribution in [2.24, 2.45) is 5.92 Å². The first-order valence-corrected chi connectivity index (χ1v) is 13.3. The number of anilines is 1. The minimum atomic E-state index is -3.37. The van der Waals surface area contributed by atoms with Gasteiger partial charge in [0.1, 0.15) is 0 Å². The molecule has 1 aromatic heterocycles. The monoisotopic (exact) mass is 479 g/mol. The van der Waals surface area contributed by atoms with Gasteiger partial charge >= 0.3 is 5.97 Å². The van der Waals surface area contributed by atoms with Crippen LogP contribution in [-0.4, -0.2) is 62.1 Å². The van der Waals surface area contributed by atoms with E-state index in [2.05, 4.69) is 4.98 Å². The molecule has 0 spiro atoms. The van der Waals surface area contributed by atoms with Crippen LogP contribution in [0.3, 0.4) is 0 Å². The van der Waals surface area contributed by atoms with Crippen molar-refractivity contribution in [3.8, 4) is 0 Å². The van der Waals surface area contributed by atoms with Crippen molar-refractivity contribution in [2.75, 3.05) is 37.4 Å². The minimum absolute atomic E-state index is 0.161. The average Bonchev–Trinajstić information content (AvgIpc) is 3.15. The van der Waals surface area contributed by atoms with Crippen LogP contribution in [0, 0.1) is 12.8 Å². The van der Waals surface area contributed by atoms with E-state index in [1.165, 1.54) is 21.9 Å². The number of hydrogen-bond acceptors (Lipinski definition) is 7. The summed E-state index contributed by atoms with van der Waals surface area (Å²) in [5, 5.41) is 0.433. The van der Waals surface area contributed by atoms with Crippen LogP contribution in [0.4, 0.5) is 5.13 Å². The Balaban J connectivity index is 1.87. The van der Waals surface area contributed by atoms with Crippen LogP contribution >= 0.6 is 11.3 Å². The highest BCUT2D eigenvalue weighted by atomic mass is 32.2. The maximum Gasteiger partial charge on any atom is 0.358 e. The molecular formula is C22H29N3O5S2. The van der Waals surface area contributed by atoms with Gasteiger partial charge in [0, 0.05) is 24.5 Å². The number of aromatic nitrogens is 1. The molecular weight excluding hydrogens is 450 g/mol. The smallest absolute Gasteiger partial charge is 0.358 e. The second kappa shape index (κ2) is 10.5. The van der Waals surface area contributed by atoms with Crippen molar-refractivity contribution in [2.45, 2.75) is 33.1 Å². The van der Waals surface area contributed by atoms with E-state index in [0.29, 0.717) is 42.4 Å². The van der Waals surface area contributed by atoms with Gasteiger partial charge in [0.15, 0.2) is 10.8 Å². The Kier molecular flexibility index (Phi) is 8.02. The highest BCUT2D eigenvalue weighted by Gasteiger charge is 2.34. The molecule has 0 bridgehead atoms. The van der Waals surface area contributed by atoms with Gasteiger partial charge in [-0.05, 0) is 38.7 Å². The second-order valence-electron chi connectivity index (χ2n) is 7.81. The number of hydrogen-bond donors (Lipinski definition) is 0. The lowest BCUT2D eigenvalue weighted by Crippen LogP contribution is -2.47. The Morgan fingerprint density at radius 3 is 2.66 bits per heavy atom. The Morgan fingerprint density at radius 2 is 2.00 bits per heavy atom. The zero-order chi connectivity index (χ0) is 23.3. The van der Waals surface area contributed by atoms with Crippen LogP contribution in [0.5, 0.6) is 0 Å². The summed E-state index contributed by atoms with van der Waals surface area (Å²) in [7, 11) is -3.37. The predicted molar refractivity (Wildman–Crippen MR) is 124 cm³/mol. The molecule has 1 aliphatic rings. The summed E-state index contributed by atoms with van der Waals surface area (Å²) in [4.78, 5) is 32.5. The molecule has 1 fully saturated rings. The van der Waals surface area contributed by atoms with Crippen LogP contribution < -0.4 is 4.90 Å². The zero-order valence-corrected chi connectivity index (χ0v) is 20.2. The SMILES string of the molecule is CCOC(=O)c1nc(N(CCc2ccccc2)C(=O)C2CCCN(S(C)(=O)=O)C2)sc1C. The van der Waals surface area contributed by atoms with E-state index in [0.717, 1.165) is 5.56 Å². The van der Waals surface area contributed by atoms with Gasteiger partial charge in [0.25, 0.3) is 0 Å². The van der Waals surface area contributed by atoms with Crippen molar-refractivity contribution in [1.29, 1.82) is 0 Å². The third-order valence-corrected chi connectivity index (χ3v) is 7.68. The van der Waals surface area contributed by atoms with E-state index in [1.54, 1.807) is 18.7 Å². The molecule has 32 heavy (non-hydrogen) atoms. The summed E-state index contributed by atoms with van der Waals surface area (Å²) in [6, 6.07) is 9.81. The number of carbonyl (C=O) groups is 2. The number of sulfonamides is 1. The van der Waals surface area contributed by atoms with Gasteiger partial charge in [-0.2, -0.15) is 0 Å². The molecule has 2 heterocycles. The lowest BCUT2D eigenvalue weighted by molar-refractivity contribution is -0.123. The van der Waals surface area contributed by atoms with Gasteiger partial charge in [-0.1, -0.05) is 30.3 Å². The van der Waals surface area contributed by atoms with Gasteiger partial charge in [-0.25, -0.2) is 22.5 Å². The number of esters is 1. The third kappa shape index (κ3) is 5.93. The van der Waals surface area contributed by atoms with Crippen LogP contribution in [-0.2, 0) is 26.0 Å². The third-order valence-electron chi connectivity index (χ3n) is 5.42. The number of rotatable bonds is 8. The van der Waals surface area contributed by atoms with E-state index in [1.807, 2.05) is 30.3 Å². The number of ether oxygens (including phenoxy) is 1. The summed E-state index contributed by atoms with van der Waals surface area (Å²) in [6.07, 6.45) is 3.02. The summed E-state index contributed by atoms with van der Waals surface area (Å²) >= 11 is 1.27. The van der Waals surface area contributed by atoms with E-state index in [9.17, 15) is 18.0 Å². The number of amides is 1. The van der Waals surface area contributed by atoms with Crippen LogP contribution in [0.1, 0.15) is 40.7 Å². The molecule has 1 saturated heterocycles. The summed E-state index contributed by atoms with van der Waals surface area (Å²) < 4.78 is 30.5. The molecule has 174 valence electrons. The van der Waals surface area contributed by atoms with Crippen molar-refractivity contribution in [3.05, 3.63) is 46.5 Å². The number of thiazole rings is 1. The standard InChI is InChI=1S/C22H29N3O5S2/c1-4-30-21(27)19-16(2)31-22(23-19)25(14-12-17-9-6-5-7-10-17)20(26)18-11-8-13-24(15-18)32(3,28)29/h5-7,9-10,18H,4,8,11-15H2,1-3H3. The topological polar surface area (TPSA) is 96.9 Å². The van der Waals surface area contributed by atoms with E-state index in [-0.39, 0.29) is 24.8 Å². The molecule has 0 N–H and O–H groups in total. The Labute approximate surface area is 193 Å². The Morgan fingerprint density at radius 1 is 1.28 bits per heavy atom. The van der Waals surface area contributed by atoms with Crippen molar-refractivity contribution >= 4 is 38.4 Å². The fourth-order valence-electron chi connectivity index (χ4n) is 3.74. The highest BCUT2D eigenvalue weighted by molar-refractivity contribution is 7.88. The predicted octanol–water partition coefficient (Wildman–Crippen LogP) is 2.88. The summed E-state index contributed by atoms with van der Waals surface area (Å²) in [5.74, 6) is -1.13. The van der Waals surface area contributed by atoms with E-state index < -0.39 is 21.9 Å². The molecule has 1 unspecified atom stereocenters. The largest absolute Gasteiger partial charge is 0.461 e. The molecule has 1 atom stereocenters. The van der Waals surface area contributed by atoms with Crippen LogP contribution in [0.15, 0.2) is 30.3 Å². The van der Waals surface area contributed by atoms with Gasteiger partial charge in [0.05, 0.1) is 18.8 Å². The minimum Gasteiger partial charge on any atom is -0.461 e. The fourth-order valence-corrected chi connectivity index (χ4v) is 5.58. The number of benzene rings is 1.